The van der Waals surface area contributed by atoms with Crippen LogP contribution in [0.3, 0.4) is 0 Å². The zero-order valence-corrected chi connectivity index (χ0v) is 47.9. The zero-order chi connectivity index (χ0) is 58.9. The lowest BCUT2D eigenvalue weighted by atomic mass is 9.87. The van der Waals surface area contributed by atoms with Gasteiger partial charge in [0.2, 0.25) is 29.4 Å². The summed E-state index contributed by atoms with van der Waals surface area (Å²) >= 11 is 0. The van der Waals surface area contributed by atoms with E-state index in [0.29, 0.717) is 41.9 Å². The van der Waals surface area contributed by atoms with Gasteiger partial charge in [0, 0.05) is 40.3 Å². The van der Waals surface area contributed by atoms with E-state index in [9.17, 15) is 43.2 Å². The number of carbonyl (C=O) groups is 9. The standard InChI is InChI=1S/C59H78N6O15/c1-38-53(70)61-51(40-20-13-12-14-21-40)55(72)64(9)44(35-79-58(2,3)4)54(71)60-34-48(66)62(7)30-17-16-25-50(68)78-37-59(5,6)52(69)56(73)65-31-18-15-24-43(65)57(74)80-45(28-26-39-27-29-46(75-10)47(32-39)76-11)41-22-19-23-42(33-41)77-36-49(67)63(38)8/h12-14,16,19-23,25,27,29,32-33,38,43-45,51H,15,17-18,24,26,28,30-31,34-37H2,1-11H3,(H,60,71)(H,61,70)/t38-,43-,44-,45+,51?/m0/s1. The van der Waals surface area contributed by atoms with E-state index in [1.807, 2.05) is 12.1 Å². The number of esters is 2. The summed E-state index contributed by atoms with van der Waals surface area (Å²) in [5.41, 5.74) is -0.522. The second-order valence-electron chi connectivity index (χ2n) is 21.5. The molecule has 2 bridgehead atoms. The minimum absolute atomic E-state index is 0.102. The summed E-state index contributed by atoms with van der Waals surface area (Å²) in [6, 6.07) is 15.6. The lowest BCUT2D eigenvalue weighted by molar-refractivity contribution is -0.165. The Bertz CT molecular complexity index is 2720. The van der Waals surface area contributed by atoms with Gasteiger partial charge in [-0.15, -0.1) is 0 Å². The monoisotopic (exact) mass is 1110 g/mol. The highest BCUT2D eigenvalue weighted by atomic mass is 16.5. The molecule has 0 spiro atoms. The predicted molar refractivity (Wildman–Crippen MR) is 294 cm³/mol. The van der Waals surface area contributed by atoms with Crippen molar-refractivity contribution in [3.8, 4) is 17.2 Å². The van der Waals surface area contributed by atoms with Gasteiger partial charge in [-0.25, -0.2) is 9.59 Å². The molecule has 21 nitrogen and oxygen atoms in total. The number of aryl methyl sites for hydroxylation is 1. The van der Waals surface area contributed by atoms with Crippen LogP contribution in [0.5, 0.6) is 17.2 Å². The van der Waals surface area contributed by atoms with Crippen molar-refractivity contribution < 1.29 is 71.6 Å². The summed E-state index contributed by atoms with van der Waals surface area (Å²) in [6.45, 7) is 8.26. The van der Waals surface area contributed by atoms with Gasteiger partial charge in [-0.1, -0.05) is 54.6 Å². The highest BCUT2D eigenvalue weighted by Crippen LogP contribution is 2.33. The quantitative estimate of drug-likeness (QED) is 0.229. The first-order chi connectivity index (χ1) is 37.8. The molecule has 3 aromatic rings. The predicted octanol–water partition coefficient (Wildman–Crippen LogP) is 4.70. The zero-order valence-electron chi connectivity index (χ0n) is 47.9. The number of ketones is 1. The molecule has 2 N–H and O–H groups in total. The Kier molecular flexibility index (Phi) is 22.8. The van der Waals surface area contributed by atoms with E-state index in [1.165, 1.54) is 76.9 Å². The fraction of sp³-hybridized carbons (Fsp3) is 0.508. The summed E-state index contributed by atoms with van der Waals surface area (Å²) in [5, 5.41) is 5.39. The number of methoxy groups -OCH3 is 2. The third-order valence-corrected chi connectivity index (χ3v) is 14.0. The van der Waals surface area contributed by atoms with Gasteiger partial charge in [0.25, 0.3) is 11.8 Å². The Morgan fingerprint density at radius 2 is 1.46 bits per heavy atom. The first-order valence-electron chi connectivity index (χ1n) is 26.7. The number of piperidine rings is 1. The maximum absolute atomic E-state index is 14.6. The molecule has 1 fully saturated rings. The van der Waals surface area contributed by atoms with Gasteiger partial charge in [0.15, 0.2) is 18.1 Å². The number of Topliss-reactive ketones (excluding diaryl/α,β-unsaturated/α-hetero) is 1. The summed E-state index contributed by atoms with van der Waals surface area (Å²) < 4.78 is 34.7. The van der Waals surface area contributed by atoms with Crippen molar-refractivity contribution in [3.63, 3.8) is 0 Å². The van der Waals surface area contributed by atoms with Gasteiger partial charge in [0.05, 0.1) is 38.4 Å². The summed E-state index contributed by atoms with van der Waals surface area (Å²) in [5.74, 6) is -5.26. The number of likely N-dealkylation sites (N-methyl/N-ethyl adjacent to an activating group) is 3. The molecule has 1 unspecified atom stereocenters. The molecule has 434 valence electrons. The third-order valence-electron chi connectivity index (χ3n) is 14.0. The molecule has 5 atom stereocenters. The average molecular weight is 1110 g/mol. The second-order valence-corrected chi connectivity index (χ2v) is 21.5. The molecular formula is C59H78N6O15. The molecule has 6 amide bonds. The molecule has 3 aromatic carbocycles. The van der Waals surface area contributed by atoms with E-state index in [4.69, 9.17) is 28.4 Å². The largest absolute Gasteiger partial charge is 0.493 e. The van der Waals surface area contributed by atoms with Crippen molar-refractivity contribution in [2.75, 3.05) is 74.8 Å². The van der Waals surface area contributed by atoms with E-state index in [1.54, 1.807) is 81.4 Å². The SMILES string of the molecule is COc1ccc(CC[C@H]2OC(=O)[C@@H]3CCCCN3C(=O)C(=O)C(C)(C)COC(=O)C=CCCN(C)C(=O)CNC(=O)[C@H](COC(C)(C)C)N(C)C(=O)C(c3ccccc3)NC(=O)[C@H](C)N(C)C(=O)COc3cccc2c3)cc1OC. The summed E-state index contributed by atoms with van der Waals surface area (Å²) in [4.78, 5) is 130. The Morgan fingerprint density at radius 3 is 2.15 bits per heavy atom. The summed E-state index contributed by atoms with van der Waals surface area (Å²) in [6.07, 6.45) is 3.82. The highest BCUT2D eigenvalue weighted by molar-refractivity contribution is 6.38. The Hall–Kier alpha value is -7.81. The number of amides is 6. The fourth-order valence-electron chi connectivity index (χ4n) is 8.73. The van der Waals surface area contributed by atoms with Crippen LogP contribution in [-0.4, -0.2) is 171 Å². The summed E-state index contributed by atoms with van der Waals surface area (Å²) in [7, 11) is 7.36. The first-order valence-corrected chi connectivity index (χ1v) is 26.7. The second kappa shape index (κ2) is 28.9. The van der Waals surface area contributed by atoms with Gasteiger partial charge in [-0.3, -0.25) is 33.6 Å². The molecule has 0 radical (unpaired) electrons. The lowest BCUT2D eigenvalue weighted by Crippen LogP contribution is -2.56. The maximum Gasteiger partial charge on any atom is 0.330 e. The van der Waals surface area contributed by atoms with Gasteiger partial charge in [-0.2, -0.15) is 0 Å². The van der Waals surface area contributed by atoms with Crippen LogP contribution in [0.15, 0.2) is 84.9 Å². The number of hydrogen-bond acceptors (Lipinski definition) is 15. The van der Waals surface area contributed by atoms with Crippen LogP contribution in [0, 0.1) is 5.41 Å². The van der Waals surface area contributed by atoms with Crippen molar-refractivity contribution in [1.82, 2.24) is 30.2 Å². The molecule has 1 saturated heterocycles. The van der Waals surface area contributed by atoms with E-state index in [-0.39, 0.29) is 44.7 Å². The number of nitrogens with zero attached hydrogens (tertiary/aromatic N) is 4. The van der Waals surface area contributed by atoms with Crippen LogP contribution in [0.1, 0.15) is 102 Å². The van der Waals surface area contributed by atoms with Crippen molar-refractivity contribution >= 4 is 53.2 Å². The number of nitrogens with one attached hydrogen (secondary N) is 2. The van der Waals surface area contributed by atoms with Crippen molar-refractivity contribution in [2.45, 2.75) is 116 Å². The van der Waals surface area contributed by atoms with Crippen LogP contribution in [0.2, 0.25) is 0 Å². The number of fused-ring (bicyclic) bond motifs is 3. The first kappa shape index (κ1) is 63.0. The normalized spacial score (nSPS) is 22.5. The molecule has 0 aliphatic carbocycles. The smallest absolute Gasteiger partial charge is 0.330 e. The molecule has 2 aliphatic heterocycles. The fourth-order valence-corrected chi connectivity index (χ4v) is 8.73. The molecule has 5 rings (SSSR count). The molecule has 0 aromatic heterocycles. The topological polar surface area (TPSA) is 246 Å². The van der Waals surface area contributed by atoms with Crippen LogP contribution in [-0.2, 0) is 63.8 Å². The number of cyclic esters (lactones) is 2. The van der Waals surface area contributed by atoms with Gasteiger partial charge in [0.1, 0.15) is 42.6 Å². The Labute approximate surface area is 468 Å². The molecule has 21 heteroatoms. The Balaban J connectivity index is 1.47. The maximum atomic E-state index is 14.6. The van der Waals surface area contributed by atoms with E-state index >= 15 is 0 Å². The minimum atomic E-state index is -1.49. The van der Waals surface area contributed by atoms with Crippen LogP contribution in [0.25, 0.3) is 0 Å². The minimum Gasteiger partial charge on any atom is -0.493 e. The van der Waals surface area contributed by atoms with E-state index in [0.717, 1.165) is 16.5 Å². The number of benzene rings is 3. The van der Waals surface area contributed by atoms with Gasteiger partial charge in [-0.05, 0) is 121 Å². The van der Waals surface area contributed by atoms with Crippen LogP contribution >= 0.6 is 0 Å². The molecule has 2 aliphatic rings. The van der Waals surface area contributed by atoms with E-state index in [2.05, 4.69) is 10.6 Å². The number of rotatable bonds is 8. The number of ether oxygens (including phenoxy) is 6. The number of hydrogen-bond donors (Lipinski definition) is 2. The van der Waals surface area contributed by atoms with Crippen molar-refractivity contribution in [1.29, 1.82) is 0 Å². The lowest BCUT2D eigenvalue weighted by Gasteiger charge is -2.36. The average Bonchev–Trinajstić information content (AvgIpc) is 3.50. The van der Waals surface area contributed by atoms with Gasteiger partial charge < -0.3 is 58.7 Å². The third kappa shape index (κ3) is 17.6. The molecule has 0 saturated carbocycles. The molecule has 80 heavy (non-hydrogen) atoms. The van der Waals surface area contributed by atoms with Crippen LogP contribution < -0.4 is 24.8 Å². The van der Waals surface area contributed by atoms with E-state index < -0.39 is 114 Å². The van der Waals surface area contributed by atoms with Crippen LogP contribution in [0.4, 0.5) is 0 Å². The van der Waals surface area contributed by atoms with Gasteiger partial charge >= 0.3 is 11.9 Å². The van der Waals surface area contributed by atoms with Crippen molar-refractivity contribution in [2.24, 2.45) is 5.41 Å². The Morgan fingerprint density at radius 1 is 0.762 bits per heavy atom. The highest BCUT2D eigenvalue weighted by Gasteiger charge is 2.43. The molecular weight excluding hydrogens is 1030 g/mol. The van der Waals surface area contributed by atoms with Crippen molar-refractivity contribution in [3.05, 3.63) is 102 Å². The number of carbonyl (C=O) groups excluding carboxylic acids is 9. The molecule has 2 heterocycles.